The zero-order chi connectivity index (χ0) is 32.9. The van der Waals surface area contributed by atoms with E-state index in [0.717, 1.165) is 32.1 Å². The maximum absolute atomic E-state index is 12.5. The van der Waals surface area contributed by atoms with Crippen molar-refractivity contribution in [3.05, 3.63) is 12.2 Å². The van der Waals surface area contributed by atoms with Crippen LogP contribution in [0.15, 0.2) is 12.2 Å². The normalized spacial score (nSPS) is 13.2. The summed E-state index contributed by atoms with van der Waals surface area (Å²) < 4.78 is 17.0. The monoisotopic (exact) mass is 625 g/mol. The van der Waals surface area contributed by atoms with Crippen LogP contribution in [0.5, 0.6) is 0 Å². The number of esters is 2. The van der Waals surface area contributed by atoms with E-state index < -0.39 is 18.1 Å². The molecule has 0 aromatic rings. The van der Waals surface area contributed by atoms with Crippen molar-refractivity contribution < 1.29 is 38.2 Å². The molecule has 2 unspecified atom stereocenters. The Labute approximate surface area is 269 Å². The van der Waals surface area contributed by atoms with E-state index in [1.54, 1.807) is 21.1 Å². The molecule has 0 aromatic heterocycles. The Morgan fingerprint density at radius 1 is 0.659 bits per heavy atom. The van der Waals surface area contributed by atoms with E-state index in [2.05, 4.69) is 26.0 Å². The number of carbonyl (C=O) groups is 3. The minimum atomic E-state index is -1.13. The van der Waals surface area contributed by atoms with E-state index in [4.69, 9.17) is 14.2 Å². The van der Waals surface area contributed by atoms with Gasteiger partial charge in [-0.3, -0.25) is 9.59 Å². The Hall–Kier alpha value is -1.93. The molecule has 0 aliphatic heterocycles. The van der Waals surface area contributed by atoms with Crippen molar-refractivity contribution in [1.29, 1.82) is 0 Å². The summed E-state index contributed by atoms with van der Waals surface area (Å²) in [7, 11) is 5.38. The highest BCUT2D eigenvalue weighted by Crippen LogP contribution is 2.13. The van der Waals surface area contributed by atoms with Crippen LogP contribution in [0.4, 0.5) is 0 Å². The molecule has 0 aliphatic rings. The van der Waals surface area contributed by atoms with Gasteiger partial charge in [0.05, 0.1) is 40.3 Å². The fourth-order valence-electron chi connectivity index (χ4n) is 5.07. The minimum absolute atomic E-state index is 0.0338. The van der Waals surface area contributed by atoms with Crippen molar-refractivity contribution >= 4 is 17.9 Å². The van der Waals surface area contributed by atoms with E-state index >= 15 is 0 Å². The molecule has 0 aliphatic carbocycles. The Bertz CT molecular complexity index is 747. The SMILES string of the molecule is CCCCCC/C=C/CCCC(=O)OC(COCCC(C(=O)[O-])[N+](C)(C)C)COC(=O)CCCCCCCCCCCCC. The van der Waals surface area contributed by atoms with E-state index in [1.807, 2.05) is 0 Å². The van der Waals surface area contributed by atoms with Crippen molar-refractivity contribution in [1.82, 2.24) is 0 Å². The molecule has 0 N–H and O–H groups in total. The lowest BCUT2D eigenvalue weighted by Crippen LogP contribution is -2.55. The Morgan fingerprint density at radius 3 is 1.70 bits per heavy atom. The van der Waals surface area contributed by atoms with Gasteiger partial charge in [0.25, 0.3) is 0 Å². The molecule has 258 valence electrons. The second-order valence-corrected chi connectivity index (χ2v) is 13.1. The number of hydrogen-bond donors (Lipinski definition) is 0. The fraction of sp³-hybridized carbons (Fsp3) is 0.861. The highest BCUT2D eigenvalue weighted by Gasteiger charge is 2.25. The lowest BCUT2D eigenvalue weighted by atomic mass is 10.1. The van der Waals surface area contributed by atoms with E-state index in [-0.39, 0.29) is 49.1 Å². The van der Waals surface area contributed by atoms with Crippen LogP contribution in [0.2, 0.25) is 0 Å². The summed E-state index contributed by atoms with van der Waals surface area (Å²) in [5.74, 6) is -1.78. The first-order valence-electron chi connectivity index (χ1n) is 17.7. The second-order valence-electron chi connectivity index (χ2n) is 13.1. The van der Waals surface area contributed by atoms with Crippen molar-refractivity contribution in [2.75, 3.05) is 41.0 Å². The van der Waals surface area contributed by atoms with Gasteiger partial charge in [0, 0.05) is 19.3 Å². The van der Waals surface area contributed by atoms with Crippen molar-refractivity contribution in [3.63, 3.8) is 0 Å². The van der Waals surface area contributed by atoms with Crippen LogP contribution in [-0.2, 0) is 28.6 Å². The Morgan fingerprint density at radius 2 is 1.16 bits per heavy atom. The number of rotatable bonds is 31. The van der Waals surface area contributed by atoms with E-state index in [9.17, 15) is 19.5 Å². The van der Waals surface area contributed by atoms with E-state index in [0.29, 0.717) is 12.8 Å². The maximum atomic E-state index is 12.5. The number of unbranched alkanes of at least 4 members (excludes halogenated alkanes) is 15. The number of hydrogen-bond acceptors (Lipinski definition) is 7. The molecule has 0 aromatic carbocycles. The van der Waals surface area contributed by atoms with Crippen LogP contribution in [0.3, 0.4) is 0 Å². The van der Waals surface area contributed by atoms with Crippen molar-refractivity contribution in [3.8, 4) is 0 Å². The minimum Gasteiger partial charge on any atom is -0.544 e. The molecular weight excluding hydrogens is 558 g/mol. The van der Waals surface area contributed by atoms with Gasteiger partial charge in [0.15, 0.2) is 6.10 Å². The van der Waals surface area contributed by atoms with Gasteiger partial charge in [-0.1, -0.05) is 109 Å². The quantitative estimate of drug-likeness (QED) is 0.0351. The third-order valence-corrected chi connectivity index (χ3v) is 7.90. The first kappa shape index (κ1) is 42.1. The van der Waals surface area contributed by atoms with Gasteiger partial charge < -0.3 is 28.6 Å². The van der Waals surface area contributed by atoms with Gasteiger partial charge in [-0.25, -0.2) is 0 Å². The van der Waals surface area contributed by atoms with Gasteiger partial charge in [-0.15, -0.1) is 0 Å². The number of aliphatic carboxylic acids is 1. The molecule has 0 saturated carbocycles. The van der Waals surface area contributed by atoms with Gasteiger partial charge in [0.2, 0.25) is 0 Å². The number of likely N-dealkylation sites (N-methyl/N-ethyl adjacent to an activating group) is 1. The summed E-state index contributed by atoms with van der Waals surface area (Å²) in [5, 5.41) is 11.5. The second kappa shape index (κ2) is 28.5. The molecule has 0 saturated heterocycles. The molecule has 44 heavy (non-hydrogen) atoms. The summed E-state index contributed by atoms with van der Waals surface area (Å²) in [5.41, 5.74) is 0. The predicted octanol–water partition coefficient (Wildman–Crippen LogP) is 7.07. The summed E-state index contributed by atoms with van der Waals surface area (Å²) in [6.07, 6.45) is 25.3. The zero-order valence-electron chi connectivity index (χ0n) is 29.1. The van der Waals surface area contributed by atoms with Gasteiger partial charge in [-0.05, 0) is 32.1 Å². The largest absolute Gasteiger partial charge is 0.544 e. The average molecular weight is 626 g/mol. The van der Waals surface area contributed by atoms with E-state index in [1.165, 1.54) is 77.0 Å². The lowest BCUT2D eigenvalue weighted by Gasteiger charge is -2.34. The number of nitrogens with zero attached hydrogens (tertiary/aromatic N) is 1. The van der Waals surface area contributed by atoms with Gasteiger partial charge >= 0.3 is 11.9 Å². The van der Waals surface area contributed by atoms with Crippen molar-refractivity contribution in [2.45, 2.75) is 161 Å². The molecular formula is C36H67NO7. The first-order chi connectivity index (χ1) is 21.1. The smallest absolute Gasteiger partial charge is 0.306 e. The Balaban J connectivity index is 4.48. The van der Waals surface area contributed by atoms with Crippen LogP contribution >= 0.6 is 0 Å². The molecule has 8 heteroatoms. The molecule has 2 atom stereocenters. The molecule has 0 rings (SSSR count). The molecule has 0 radical (unpaired) electrons. The molecule has 0 amide bonds. The highest BCUT2D eigenvalue weighted by molar-refractivity contribution is 5.70. The van der Waals surface area contributed by atoms with Crippen molar-refractivity contribution in [2.24, 2.45) is 0 Å². The van der Waals surface area contributed by atoms with Crippen LogP contribution in [0.25, 0.3) is 0 Å². The topological polar surface area (TPSA) is 102 Å². The van der Waals surface area contributed by atoms with Crippen LogP contribution < -0.4 is 5.11 Å². The Kier molecular flexibility index (Phi) is 27.3. The molecule has 0 bridgehead atoms. The average Bonchev–Trinajstić information content (AvgIpc) is 2.96. The summed E-state index contributed by atoms with van der Waals surface area (Å²) in [6, 6.07) is -0.723. The maximum Gasteiger partial charge on any atom is 0.306 e. The summed E-state index contributed by atoms with van der Waals surface area (Å²) >= 11 is 0. The number of allylic oxidation sites excluding steroid dienone is 2. The van der Waals surface area contributed by atoms with Crippen LogP contribution in [0.1, 0.15) is 149 Å². The van der Waals surface area contributed by atoms with Crippen LogP contribution in [-0.4, -0.2) is 75.5 Å². The molecule has 0 fully saturated rings. The summed E-state index contributed by atoms with van der Waals surface area (Å²) in [4.78, 5) is 36.4. The predicted molar refractivity (Wildman–Crippen MR) is 176 cm³/mol. The molecule has 0 heterocycles. The van der Waals surface area contributed by atoms with Crippen LogP contribution in [0, 0.1) is 0 Å². The number of carbonyl (C=O) groups excluding carboxylic acids is 3. The zero-order valence-corrected chi connectivity index (χ0v) is 29.1. The van der Waals surface area contributed by atoms with Gasteiger partial charge in [0.1, 0.15) is 12.6 Å². The lowest BCUT2D eigenvalue weighted by molar-refractivity contribution is -0.889. The number of carboxylic acid groups (broad SMARTS) is 1. The third-order valence-electron chi connectivity index (χ3n) is 7.90. The molecule has 8 nitrogen and oxygen atoms in total. The standard InChI is InChI=1S/C36H67NO7/c1-6-8-10-12-14-16-17-19-20-22-24-26-34(38)43-31-32(30-42-29-28-33(36(40)41)37(3,4)5)44-35(39)27-25-23-21-18-15-13-11-9-7-2/h18,21,32-33H,6-17,19-20,22-31H2,1-5H3/b21-18+. The number of ether oxygens (including phenoxy) is 3. The number of carboxylic acids is 1. The van der Waals surface area contributed by atoms with Gasteiger partial charge in [-0.2, -0.15) is 0 Å². The first-order valence-corrected chi connectivity index (χ1v) is 17.7. The number of quaternary nitrogens is 1. The fourth-order valence-corrected chi connectivity index (χ4v) is 5.07. The summed E-state index contributed by atoms with van der Waals surface area (Å²) in [6.45, 7) is 4.57. The highest BCUT2D eigenvalue weighted by atomic mass is 16.6. The third kappa shape index (κ3) is 26.5. The molecule has 0 spiro atoms.